The van der Waals surface area contributed by atoms with Gasteiger partial charge in [-0.3, -0.25) is 14.6 Å². The molecular weight excluding hydrogens is 400 g/mol. The van der Waals surface area contributed by atoms with Crippen molar-refractivity contribution in [2.24, 2.45) is 0 Å². The van der Waals surface area contributed by atoms with Crippen LogP contribution in [0.1, 0.15) is 35.8 Å². The number of nitrogens with zero attached hydrogens (tertiary/aromatic N) is 3. The number of anilines is 2. The molecule has 0 spiro atoms. The van der Waals surface area contributed by atoms with Crippen LogP contribution >= 0.6 is 11.6 Å². The zero-order chi connectivity index (χ0) is 21.7. The maximum Gasteiger partial charge on any atom is 0.226 e. The predicted octanol–water partition coefficient (Wildman–Crippen LogP) is 4.57. The summed E-state index contributed by atoms with van der Waals surface area (Å²) in [7, 11) is 1.70. The van der Waals surface area contributed by atoms with Crippen LogP contribution in [0.4, 0.5) is 11.5 Å². The first kappa shape index (κ1) is 21.5. The van der Waals surface area contributed by atoms with E-state index < -0.39 is 0 Å². The van der Waals surface area contributed by atoms with Crippen molar-refractivity contribution in [2.75, 3.05) is 17.7 Å². The highest BCUT2D eigenvalue weighted by molar-refractivity contribution is 6.34. The summed E-state index contributed by atoms with van der Waals surface area (Å²) >= 11 is 6.39. The molecule has 1 amide bonds. The van der Waals surface area contributed by atoms with Gasteiger partial charge in [0, 0.05) is 37.8 Å². The van der Waals surface area contributed by atoms with E-state index in [1.54, 1.807) is 49.5 Å². The quantitative estimate of drug-likeness (QED) is 0.563. The Kier molecular flexibility index (Phi) is 6.79. The van der Waals surface area contributed by atoms with E-state index in [0.717, 1.165) is 16.7 Å². The van der Waals surface area contributed by atoms with Gasteiger partial charge in [0.2, 0.25) is 5.91 Å². The van der Waals surface area contributed by atoms with Crippen LogP contribution in [0, 0.1) is 0 Å². The number of hydrogen-bond donors (Lipinski definition) is 1. The minimum atomic E-state index is -0.0575. The normalized spacial score (nSPS) is 10.6. The Bertz CT molecular complexity index is 1070. The molecule has 0 aliphatic rings. The second-order valence-corrected chi connectivity index (χ2v) is 7.28. The lowest BCUT2D eigenvalue weighted by Gasteiger charge is -2.18. The van der Waals surface area contributed by atoms with Gasteiger partial charge in [0.05, 0.1) is 10.7 Å². The van der Waals surface area contributed by atoms with Crippen molar-refractivity contribution in [3.05, 3.63) is 71.1 Å². The second kappa shape index (κ2) is 9.50. The Morgan fingerprint density at radius 3 is 2.50 bits per heavy atom. The lowest BCUT2D eigenvalue weighted by atomic mass is 10.0. The van der Waals surface area contributed by atoms with Crippen molar-refractivity contribution in [3.63, 3.8) is 0 Å². The smallest absolute Gasteiger partial charge is 0.226 e. The molecule has 0 aliphatic heterocycles. The highest BCUT2D eigenvalue weighted by atomic mass is 35.5. The first-order valence-electron chi connectivity index (χ1n) is 9.65. The van der Waals surface area contributed by atoms with Crippen LogP contribution < -0.4 is 10.6 Å². The second-order valence-electron chi connectivity index (χ2n) is 6.88. The number of rotatable bonds is 7. The minimum Gasteiger partial charge on any atom is -0.383 e. The SMILES string of the molecule is CCC(=O)N(C)c1ccc(-c2ccc(C(=O)CCc3cccnc3N)nc2)cc1Cl. The molecule has 2 aromatic heterocycles. The largest absolute Gasteiger partial charge is 0.383 e. The van der Waals surface area contributed by atoms with Crippen molar-refractivity contribution >= 4 is 34.8 Å². The van der Waals surface area contributed by atoms with E-state index in [1.165, 1.54) is 0 Å². The Balaban J connectivity index is 1.71. The van der Waals surface area contributed by atoms with Gasteiger partial charge in [-0.15, -0.1) is 0 Å². The molecule has 0 saturated carbocycles. The molecule has 2 N–H and O–H groups in total. The monoisotopic (exact) mass is 422 g/mol. The van der Waals surface area contributed by atoms with Gasteiger partial charge in [-0.1, -0.05) is 36.7 Å². The van der Waals surface area contributed by atoms with Crippen molar-refractivity contribution in [2.45, 2.75) is 26.2 Å². The number of ketones is 1. The van der Waals surface area contributed by atoms with E-state index in [1.807, 2.05) is 24.3 Å². The predicted molar refractivity (Wildman–Crippen MR) is 120 cm³/mol. The van der Waals surface area contributed by atoms with Gasteiger partial charge < -0.3 is 10.6 Å². The Labute approximate surface area is 180 Å². The third kappa shape index (κ3) is 4.83. The number of amides is 1. The van der Waals surface area contributed by atoms with Crippen molar-refractivity contribution in [1.29, 1.82) is 0 Å². The molecule has 0 aliphatic carbocycles. The Morgan fingerprint density at radius 2 is 1.87 bits per heavy atom. The van der Waals surface area contributed by atoms with Gasteiger partial charge in [-0.2, -0.15) is 0 Å². The fourth-order valence-electron chi connectivity index (χ4n) is 3.10. The maximum absolute atomic E-state index is 12.5. The number of Topliss-reactive ketones (excluding diaryl/α,β-unsaturated/α-hetero) is 1. The van der Waals surface area contributed by atoms with Crippen molar-refractivity contribution in [3.8, 4) is 11.1 Å². The molecule has 6 nitrogen and oxygen atoms in total. The Hall–Kier alpha value is -3.25. The van der Waals surface area contributed by atoms with E-state index in [0.29, 0.717) is 41.5 Å². The van der Waals surface area contributed by atoms with E-state index in [9.17, 15) is 9.59 Å². The van der Waals surface area contributed by atoms with Crippen LogP contribution in [0.15, 0.2) is 54.9 Å². The van der Waals surface area contributed by atoms with Crippen LogP contribution in [0.3, 0.4) is 0 Å². The molecule has 7 heteroatoms. The molecular formula is C23H23ClN4O2. The number of nitrogens with two attached hydrogens (primary N) is 1. The van der Waals surface area contributed by atoms with E-state index >= 15 is 0 Å². The van der Waals surface area contributed by atoms with Crippen molar-refractivity contribution < 1.29 is 9.59 Å². The van der Waals surface area contributed by atoms with Crippen LogP contribution in [0.25, 0.3) is 11.1 Å². The number of carbonyl (C=O) groups excluding carboxylic acids is 2. The van der Waals surface area contributed by atoms with Gasteiger partial charge in [-0.05, 0) is 41.8 Å². The van der Waals surface area contributed by atoms with Crippen LogP contribution in [-0.4, -0.2) is 28.7 Å². The molecule has 2 heterocycles. The first-order chi connectivity index (χ1) is 14.4. The number of aromatic nitrogens is 2. The van der Waals surface area contributed by atoms with Gasteiger partial charge >= 0.3 is 0 Å². The van der Waals surface area contributed by atoms with Crippen LogP contribution in [-0.2, 0) is 11.2 Å². The van der Waals surface area contributed by atoms with E-state index in [-0.39, 0.29) is 11.7 Å². The standard InChI is InChI=1S/C23H23ClN4O2/c1-3-22(30)28(2)20-10-7-16(13-18(20)24)17-6-9-19(27-14-17)21(29)11-8-15-5-4-12-26-23(15)25/h4-7,9-10,12-14H,3,8,11H2,1-2H3,(H2,25,26). The lowest BCUT2D eigenvalue weighted by molar-refractivity contribution is -0.118. The topological polar surface area (TPSA) is 89.2 Å². The number of benzene rings is 1. The summed E-state index contributed by atoms with van der Waals surface area (Å²) in [6, 6.07) is 12.7. The van der Waals surface area contributed by atoms with E-state index in [4.69, 9.17) is 17.3 Å². The van der Waals surface area contributed by atoms with Gasteiger partial charge in [0.15, 0.2) is 5.78 Å². The van der Waals surface area contributed by atoms with Gasteiger partial charge in [0.1, 0.15) is 11.5 Å². The summed E-state index contributed by atoms with van der Waals surface area (Å²) < 4.78 is 0. The summed E-state index contributed by atoms with van der Waals surface area (Å²) in [4.78, 5) is 34.2. The minimum absolute atomic E-state index is 0.0118. The molecule has 0 bridgehead atoms. The number of pyridine rings is 2. The molecule has 3 rings (SSSR count). The average Bonchev–Trinajstić information content (AvgIpc) is 2.77. The highest BCUT2D eigenvalue weighted by Crippen LogP contribution is 2.31. The number of aryl methyl sites for hydroxylation is 1. The number of hydrogen-bond acceptors (Lipinski definition) is 5. The fourth-order valence-corrected chi connectivity index (χ4v) is 3.41. The molecule has 3 aromatic rings. The highest BCUT2D eigenvalue weighted by Gasteiger charge is 2.14. The van der Waals surface area contributed by atoms with Crippen molar-refractivity contribution in [1.82, 2.24) is 9.97 Å². The molecule has 0 fully saturated rings. The zero-order valence-electron chi connectivity index (χ0n) is 16.9. The third-order valence-corrected chi connectivity index (χ3v) is 5.22. The van der Waals surface area contributed by atoms with Gasteiger partial charge in [-0.25, -0.2) is 4.98 Å². The molecule has 0 saturated heterocycles. The summed E-state index contributed by atoms with van der Waals surface area (Å²) in [5, 5.41) is 0.478. The molecule has 30 heavy (non-hydrogen) atoms. The lowest BCUT2D eigenvalue weighted by Crippen LogP contribution is -2.25. The molecule has 0 radical (unpaired) electrons. The molecule has 154 valence electrons. The van der Waals surface area contributed by atoms with Crippen LogP contribution in [0.2, 0.25) is 5.02 Å². The molecule has 0 atom stereocenters. The number of nitrogen functional groups attached to an aromatic ring is 1. The van der Waals surface area contributed by atoms with E-state index in [2.05, 4.69) is 9.97 Å². The maximum atomic E-state index is 12.5. The summed E-state index contributed by atoms with van der Waals surface area (Å²) in [6.45, 7) is 1.81. The van der Waals surface area contributed by atoms with Crippen LogP contribution in [0.5, 0.6) is 0 Å². The Morgan fingerprint density at radius 1 is 1.10 bits per heavy atom. The fraction of sp³-hybridized carbons (Fsp3) is 0.217. The third-order valence-electron chi connectivity index (χ3n) is 4.92. The summed E-state index contributed by atoms with van der Waals surface area (Å²) in [6.07, 6.45) is 4.50. The van der Waals surface area contributed by atoms with Gasteiger partial charge in [0.25, 0.3) is 0 Å². The first-order valence-corrected chi connectivity index (χ1v) is 10.0. The number of carbonyl (C=O) groups is 2. The summed E-state index contributed by atoms with van der Waals surface area (Å²) in [5.41, 5.74) is 9.42. The molecule has 0 unspecified atom stereocenters. The number of halogens is 1. The zero-order valence-corrected chi connectivity index (χ0v) is 17.7. The average molecular weight is 423 g/mol. The summed E-state index contributed by atoms with van der Waals surface area (Å²) in [5.74, 6) is 0.375. The molecule has 1 aromatic carbocycles.